The molecule has 0 spiro atoms. The van der Waals surface area contributed by atoms with E-state index in [-0.39, 0.29) is 0 Å². The maximum Gasteiger partial charge on any atom is 0.0765 e. The van der Waals surface area contributed by atoms with Crippen molar-refractivity contribution >= 4 is 33.2 Å². The molecule has 4 rings (SSSR count). The van der Waals surface area contributed by atoms with Gasteiger partial charge in [0.1, 0.15) is 0 Å². The van der Waals surface area contributed by atoms with Crippen molar-refractivity contribution in [2.75, 3.05) is 5.32 Å². The van der Waals surface area contributed by atoms with E-state index in [4.69, 9.17) is 0 Å². The summed E-state index contributed by atoms with van der Waals surface area (Å²) in [4.78, 5) is 4.47. The van der Waals surface area contributed by atoms with Crippen LogP contribution in [0.25, 0.3) is 21.8 Å². The molecule has 120 valence electrons. The second-order valence-corrected chi connectivity index (χ2v) is 6.08. The number of pyridine rings is 1. The van der Waals surface area contributed by atoms with Crippen molar-refractivity contribution in [2.45, 2.75) is 26.2 Å². The Balaban J connectivity index is 1.70. The number of nitrogens with one attached hydrogen (secondary N) is 2. The predicted molar refractivity (Wildman–Crippen MR) is 99.7 cm³/mol. The van der Waals surface area contributed by atoms with Gasteiger partial charge in [-0.2, -0.15) is 5.10 Å². The van der Waals surface area contributed by atoms with Crippen LogP contribution in [0.5, 0.6) is 0 Å². The summed E-state index contributed by atoms with van der Waals surface area (Å²) < 4.78 is 0. The highest BCUT2D eigenvalue weighted by molar-refractivity contribution is 6.10. The SMILES string of the molecule is CCCCc1ccc(Nc2ccnc3ccc4cn[nH]c4c23)cc1. The number of aromatic nitrogens is 3. The summed E-state index contributed by atoms with van der Waals surface area (Å²) in [5.74, 6) is 0. The topological polar surface area (TPSA) is 53.6 Å². The first kappa shape index (κ1) is 14.7. The van der Waals surface area contributed by atoms with E-state index in [1.807, 2.05) is 30.6 Å². The standard InChI is InChI=1S/C20H20N4/c1-2-3-4-14-5-8-16(9-6-14)23-18-11-12-21-17-10-7-15-13-22-24-20(15)19(17)18/h5-13H,2-4H2,1H3,(H,21,23)(H,22,24). The van der Waals surface area contributed by atoms with Crippen molar-refractivity contribution in [2.24, 2.45) is 0 Å². The Bertz CT molecular complexity index is 970. The number of nitrogens with zero attached hydrogens (tertiary/aromatic N) is 2. The third kappa shape index (κ3) is 2.71. The summed E-state index contributed by atoms with van der Waals surface area (Å²) in [6.45, 7) is 2.22. The first-order chi connectivity index (χ1) is 11.8. The minimum atomic E-state index is 0.955. The van der Waals surface area contributed by atoms with Crippen LogP contribution in [0.1, 0.15) is 25.3 Å². The van der Waals surface area contributed by atoms with Gasteiger partial charge in [0.25, 0.3) is 0 Å². The van der Waals surface area contributed by atoms with Gasteiger partial charge >= 0.3 is 0 Å². The number of rotatable bonds is 5. The Morgan fingerprint density at radius 3 is 2.75 bits per heavy atom. The molecule has 0 saturated heterocycles. The molecule has 4 aromatic rings. The molecule has 0 bridgehead atoms. The lowest BCUT2D eigenvalue weighted by Gasteiger charge is -2.11. The van der Waals surface area contributed by atoms with Crippen molar-refractivity contribution in [1.29, 1.82) is 0 Å². The molecule has 24 heavy (non-hydrogen) atoms. The summed E-state index contributed by atoms with van der Waals surface area (Å²) in [7, 11) is 0. The van der Waals surface area contributed by atoms with Crippen LogP contribution in [0.15, 0.2) is 54.9 Å². The van der Waals surface area contributed by atoms with E-state index in [0.717, 1.165) is 39.6 Å². The maximum atomic E-state index is 4.47. The third-order valence-corrected chi connectivity index (χ3v) is 4.37. The zero-order valence-corrected chi connectivity index (χ0v) is 13.7. The van der Waals surface area contributed by atoms with Gasteiger partial charge in [-0.25, -0.2) is 0 Å². The Morgan fingerprint density at radius 2 is 1.92 bits per heavy atom. The van der Waals surface area contributed by atoms with E-state index in [1.54, 1.807) is 0 Å². The number of benzene rings is 2. The first-order valence-corrected chi connectivity index (χ1v) is 8.42. The molecule has 0 amide bonds. The normalized spacial score (nSPS) is 11.2. The number of anilines is 2. The molecule has 0 fully saturated rings. The second-order valence-electron chi connectivity index (χ2n) is 6.08. The fourth-order valence-corrected chi connectivity index (χ4v) is 3.05. The van der Waals surface area contributed by atoms with Crippen LogP contribution in [0.4, 0.5) is 11.4 Å². The van der Waals surface area contributed by atoms with E-state index in [0.29, 0.717) is 0 Å². The maximum absolute atomic E-state index is 4.47. The van der Waals surface area contributed by atoms with E-state index in [9.17, 15) is 0 Å². The molecule has 4 heteroatoms. The molecule has 2 aromatic heterocycles. The van der Waals surface area contributed by atoms with E-state index in [2.05, 4.69) is 51.7 Å². The Morgan fingerprint density at radius 1 is 1.04 bits per heavy atom. The predicted octanol–water partition coefficient (Wildman–Crippen LogP) is 5.20. The van der Waals surface area contributed by atoms with Gasteiger partial charge in [0.15, 0.2) is 0 Å². The summed E-state index contributed by atoms with van der Waals surface area (Å²) in [6, 6.07) is 14.8. The van der Waals surface area contributed by atoms with Crippen molar-refractivity contribution in [3.05, 3.63) is 60.4 Å². The molecule has 2 heterocycles. The van der Waals surface area contributed by atoms with Crippen LogP contribution in [0.3, 0.4) is 0 Å². The van der Waals surface area contributed by atoms with Gasteiger partial charge < -0.3 is 5.32 Å². The summed E-state index contributed by atoms with van der Waals surface area (Å²) in [5, 5.41) is 12.9. The lowest BCUT2D eigenvalue weighted by Crippen LogP contribution is -1.94. The minimum Gasteiger partial charge on any atom is -0.355 e. The molecule has 0 unspecified atom stereocenters. The van der Waals surface area contributed by atoms with Gasteiger partial charge in [-0.15, -0.1) is 0 Å². The Labute approximate surface area is 140 Å². The zero-order valence-electron chi connectivity index (χ0n) is 13.7. The number of fused-ring (bicyclic) bond motifs is 3. The molecular formula is C20H20N4. The van der Waals surface area contributed by atoms with Crippen molar-refractivity contribution in [3.8, 4) is 0 Å². The molecule has 0 saturated carbocycles. The number of aromatic amines is 1. The van der Waals surface area contributed by atoms with Crippen LogP contribution in [0, 0.1) is 0 Å². The molecule has 2 aromatic carbocycles. The number of hydrogen-bond donors (Lipinski definition) is 2. The number of hydrogen-bond acceptors (Lipinski definition) is 3. The molecular weight excluding hydrogens is 296 g/mol. The number of H-pyrrole nitrogens is 1. The highest BCUT2D eigenvalue weighted by atomic mass is 15.1. The Kier molecular flexibility index (Phi) is 3.87. The fourth-order valence-electron chi connectivity index (χ4n) is 3.05. The smallest absolute Gasteiger partial charge is 0.0765 e. The van der Waals surface area contributed by atoms with Gasteiger partial charge in [-0.05, 0) is 48.7 Å². The van der Waals surface area contributed by atoms with Gasteiger partial charge in [-0.1, -0.05) is 25.5 Å². The van der Waals surface area contributed by atoms with Crippen molar-refractivity contribution in [1.82, 2.24) is 15.2 Å². The monoisotopic (exact) mass is 316 g/mol. The molecule has 0 aliphatic rings. The molecule has 2 N–H and O–H groups in total. The quantitative estimate of drug-likeness (QED) is 0.532. The van der Waals surface area contributed by atoms with Crippen molar-refractivity contribution in [3.63, 3.8) is 0 Å². The highest BCUT2D eigenvalue weighted by Gasteiger charge is 2.08. The van der Waals surface area contributed by atoms with Crippen LogP contribution in [0.2, 0.25) is 0 Å². The lowest BCUT2D eigenvalue weighted by atomic mass is 10.1. The van der Waals surface area contributed by atoms with Crippen LogP contribution in [-0.2, 0) is 6.42 Å². The first-order valence-electron chi connectivity index (χ1n) is 8.42. The van der Waals surface area contributed by atoms with Gasteiger partial charge in [0, 0.05) is 22.7 Å². The van der Waals surface area contributed by atoms with Crippen LogP contribution in [-0.4, -0.2) is 15.2 Å². The number of aryl methyl sites for hydroxylation is 1. The van der Waals surface area contributed by atoms with Crippen molar-refractivity contribution < 1.29 is 0 Å². The average molecular weight is 316 g/mol. The van der Waals surface area contributed by atoms with E-state index >= 15 is 0 Å². The van der Waals surface area contributed by atoms with E-state index < -0.39 is 0 Å². The van der Waals surface area contributed by atoms with Gasteiger partial charge in [0.05, 0.1) is 22.9 Å². The van der Waals surface area contributed by atoms with Crippen LogP contribution >= 0.6 is 0 Å². The van der Waals surface area contributed by atoms with Gasteiger partial charge in [-0.3, -0.25) is 10.1 Å². The highest BCUT2D eigenvalue weighted by Crippen LogP contribution is 2.30. The minimum absolute atomic E-state index is 0.955. The molecule has 4 nitrogen and oxygen atoms in total. The molecule has 0 atom stereocenters. The van der Waals surface area contributed by atoms with Crippen LogP contribution < -0.4 is 5.32 Å². The third-order valence-electron chi connectivity index (χ3n) is 4.37. The zero-order chi connectivity index (χ0) is 16.4. The molecule has 0 aliphatic carbocycles. The van der Waals surface area contributed by atoms with Gasteiger partial charge in [0.2, 0.25) is 0 Å². The largest absolute Gasteiger partial charge is 0.355 e. The lowest BCUT2D eigenvalue weighted by molar-refractivity contribution is 0.795. The summed E-state index contributed by atoms with van der Waals surface area (Å²) in [5.41, 5.74) is 5.48. The van der Waals surface area contributed by atoms with E-state index in [1.165, 1.54) is 18.4 Å². The number of unbranched alkanes of at least 4 members (excludes halogenated alkanes) is 1. The Hall–Kier alpha value is -2.88. The fraction of sp³-hybridized carbons (Fsp3) is 0.200. The second kappa shape index (κ2) is 6.32. The summed E-state index contributed by atoms with van der Waals surface area (Å²) in [6.07, 6.45) is 7.28. The average Bonchev–Trinajstić information content (AvgIpc) is 3.10. The molecule has 0 aliphatic heterocycles. The summed E-state index contributed by atoms with van der Waals surface area (Å²) >= 11 is 0. The molecule has 0 radical (unpaired) electrons.